The number of hydrogen-bond acceptors (Lipinski definition) is 6. The number of nitrogens with zero attached hydrogens (tertiary/aromatic N) is 3. The Hall–Kier alpha value is -2.70. The van der Waals surface area contributed by atoms with Gasteiger partial charge < -0.3 is 14.8 Å². The monoisotopic (exact) mass is 328 g/mol. The van der Waals surface area contributed by atoms with E-state index in [4.69, 9.17) is 9.47 Å². The van der Waals surface area contributed by atoms with E-state index in [2.05, 4.69) is 20.3 Å². The maximum absolute atomic E-state index is 12.0. The van der Waals surface area contributed by atoms with Gasteiger partial charge in [-0.2, -0.15) is 0 Å². The number of hydrogen-bond donors (Lipinski definition) is 1. The minimum atomic E-state index is -0.114. The third-order valence-corrected chi connectivity index (χ3v) is 3.87. The number of amides is 1. The lowest BCUT2D eigenvalue weighted by molar-refractivity contribution is -0.124. The second-order valence-electron chi connectivity index (χ2n) is 5.68. The van der Waals surface area contributed by atoms with Gasteiger partial charge in [0, 0.05) is 24.6 Å². The highest BCUT2D eigenvalue weighted by atomic mass is 16.5. The largest absolute Gasteiger partial charge is 0.482 e. The Labute approximate surface area is 140 Å². The van der Waals surface area contributed by atoms with Crippen LogP contribution in [0, 0.1) is 0 Å². The molecular formula is C17H20N4O3. The molecule has 7 nitrogen and oxygen atoms in total. The third-order valence-electron chi connectivity index (χ3n) is 3.87. The van der Waals surface area contributed by atoms with Crippen molar-refractivity contribution in [2.45, 2.75) is 37.8 Å². The summed E-state index contributed by atoms with van der Waals surface area (Å²) in [6.07, 6.45) is 11.7. The smallest absolute Gasteiger partial charge is 0.258 e. The van der Waals surface area contributed by atoms with Crippen molar-refractivity contribution in [1.29, 1.82) is 0 Å². The molecule has 1 aliphatic carbocycles. The molecule has 0 unspecified atom stereocenters. The highest BCUT2D eigenvalue weighted by molar-refractivity contribution is 5.77. The minimum Gasteiger partial charge on any atom is -0.482 e. The van der Waals surface area contributed by atoms with Crippen molar-refractivity contribution in [3.63, 3.8) is 0 Å². The molecule has 24 heavy (non-hydrogen) atoms. The van der Waals surface area contributed by atoms with E-state index in [1.54, 1.807) is 43.1 Å². The first kappa shape index (κ1) is 16.2. The summed E-state index contributed by atoms with van der Waals surface area (Å²) in [6, 6.07) is 3.71. The predicted octanol–water partition coefficient (Wildman–Crippen LogP) is 1.76. The molecule has 0 bridgehead atoms. The molecule has 0 atom stereocenters. The van der Waals surface area contributed by atoms with Crippen LogP contribution in [-0.2, 0) is 4.79 Å². The van der Waals surface area contributed by atoms with Gasteiger partial charge in [0.05, 0.1) is 12.4 Å². The summed E-state index contributed by atoms with van der Waals surface area (Å²) in [4.78, 5) is 24.0. The van der Waals surface area contributed by atoms with Crippen LogP contribution in [0.15, 0.2) is 43.1 Å². The average molecular weight is 328 g/mol. The van der Waals surface area contributed by atoms with Crippen LogP contribution in [-0.4, -0.2) is 39.6 Å². The molecule has 2 aromatic heterocycles. The Morgan fingerprint density at radius 2 is 1.96 bits per heavy atom. The van der Waals surface area contributed by atoms with Crippen LogP contribution in [0.1, 0.15) is 25.7 Å². The third kappa shape index (κ3) is 4.91. The summed E-state index contributed by atoms with van der Waals surface area (Å²) in [5, 5.41) is 3.01. The molecule has 1 saturated carbocycles. The van der Waals surface area contributed by atoms with Gasteiger partial charge in [-0.1, -0.05) is 0 Å². The van der Waals surface area contributed by atoms with Gasteiger partial charge in [0.2, 0.25) is 5.88 Å². The van der Waals surface area contributed by atoms with Crippen LogP contribution in [0.4, 0.5) is 0 Å². The van der Waals surface area contributed by atoms with Crippen molar-refractivity contribution in [3.8, 4) is 11.6 Å². The van der Waals surface area contributed by atoms with Crippen molar-refractivity contribution in [3.05, 3.63) is 43.1 Å². The lowest BCUT2D eigenvalue weighted by Gasteiger charge is -2.29. The topological polar surface area (TPSA) is 86.2 Å². The van der Waals surface area contributed by atoms with Gasteiger partial charge in [0.25, 0.3) is 5.91 Å². The molecule has 1 aliphatic rings. The minimum absolute atomic E-state index is 0.00171. The zero-order chi connectivity index (χ0) is 16.6. The number of aromatic nitrogens is 3. The molecular weight excluding hydrogens is 308 g/mol. The fourth-order valence-corrected chi connectivity index (χ4v) is 2.69. The lowest BCUT2D eigenvalue weighted by Crippen LogP contribution is -2.41. The Morgan fingerprint density at radius 3 is 2.67 bits per heavy atom. The maximum atomic E-state index is 12.0. The average Bonchev–Trinajstić information content (AvgIpc) is 2.63. The van der Waals surface area contributed by atoms with Gasteiger partial charge >= 0.3 is 0 Å². The highest BCUT2D eigenvalue weighted by Crippen LogP contribution is 2.22. The van der Waals surface area contributed by atoms with Crippen molar-refractivity contribution in [2.24, 2.45) is 0 Å². The van der Waals surface area contributed by atoms with Crippen LogP contribution >= 0.6 is 0 Å². The molecule has 3 rings (SSSR count). The van der Waals surface area contributed by atoms with Gasteiger partial charge in [0.15, 0.2) is 6.61 Å². The van der Waals surface area contributed by atoms with Crippen LogP contribution in [0.25, 0.3) is 0 Å². The molecule has 2 heterocycles. The molecule has 1 fully saturated rings. The van der Waals surface area contributed by atoms with E-state index in [-0.39, 0.29) is 24.7 Å². The van der Waals surface area contributed by atoms with Crippen molar-refractivity contribution in [2.75, 3.05) is 6.61 Å². The van der Waals surface area contributed by atoms with E-state index in [9.17, 15) is 4.79 Å². The van der Waals surface area contributed by atoms with Crippen LogP contribution in [0.3, 0.4) is 0 Å². The summed E-state index contributed by atoms with van der Waals surface area (Å²) in [5.74, 6) is 1.03. The first-order chi connectivity index (χ1) is 11.8. The van der Waals surface area contributed by atoms with Gasteiger partial charge in [-0.25, -0.2) is 4.98 Å². The van der Waals surface area contributed by atoms with Gasteiger partial charge in [-0.15, -0.1) is 0 Å². The molecule has 0 saturated heterocycles. The first-order valence-electron chi connectivity index (χ1n) is 8.04. The number of pyridine rings is 1. The fraction of sp³-hybridized carbons (Fsp3) is 0.412. The lowest BCUT2D eigenvalue weighted by atomic mass is 9.93. The molecule has 126 valence electrons. The number of carbonyl (C=O) groups is 1. The Kier molecular flexibility index (Phi) is 5.55. The van der Waals surface area contributed by atoms with E-state index < -0.39 is 0 Å². The molecule has 0 aliphatic heterocycles. The van der Waals surface area contributed by atoms with E-state index >= 15 is 0 Å². The normalized spacial score (nSPS) is 20.2. The Morgan fingerprint density at radius 1 is 1.12 bits per heavy atom. The van der Waals surface area contributed by atoms with Crippen molar-refractivity contribution < 1.29 is 14.3 Å². The van der Waals surface area contributed by atoms with E-state index in [0.717, 1.165) is 25.7 Å². The first-order valence-corrected chi connectivity index (χ1v) is 8.04. The Bertz CT molecular complexity index is 631. The second-order valence-corrected chi connectivity index (χ2v) is 5.68. The van der Waals surface area contributed by atoms with E-state index in [1.165, 1.54) is 0 Å². The molecule has 0 aromatic carbocycles. The van der Waals surface area contributed by atoms with E-state index in [0.29, 0.717) is 11.6 Å². The number of rotatable bonds is 6. The summed E-state index contributed by atoms with van der Waals surface area (Å²) in [5.41, 5.74) is 0. The highest BCUT2D eigenvalue weighted by Gasteiger charge is 2.24. The standard InChI is InChI=1S/C17H20N4O3/c22-16(12-23-15-2-1-7-18-10-15)21-13-3-5-14(6-4-13)24-17-11-19-8-9-20-17/h1-2,7-11,13-14H,3-6,12H2,(H,21,22). The second kappa shape index (κ2) is 8.24. The summed E-state index contributed by atoms with van der Waals surface area (Å²) < 4.78 is 11.2. The summed E-state index contributed by atoms with van der Waals surface area (Å²) in [6.45, 7) is 0.00171. The number of nitrogens with one attached hydrogen (secondary N) is 1. The SMILES string of the molecule is O=C(COc1cccnc1)NC1CCC(Oc2cnccn2)CC1. The zero-order valence-electron chi connectivity index (χ0n) is 13.3. The quantitative estimate of drug-likeness (QED) is 0.869. The predicted molar refractivity (Wildman–Crippen MR) is 86.6 cm³/mol. The van der Waals surface area contributed by atoms with Gasteiger partial charge in [0.1, 0.15) is 11.9 Å². The van der Waals surface area contributed by atoms with Crippen molar-refractivity contribution >= 4 is 5.91 Å². The molecule has 1 N–H and O–H groups in total. The molecule has 2 aromatic rings. The van der Waals surface area contributed by atoms with Crippen LogP contribution in [0.5, 0.6) is 11.6 Å². The van der Waals surface area contributed by atoms with E-state index in [1.807, 2.05) is 0 Å². The molecule has 1 amide bonds. The molecule has 0 spiro atoms. The van der Waals surface area contributed by atoms with Crippen LogP contribution in [0.2, 0.25) is 0 Å². The number of ether oxygens (including phenoxy) is 2. The Balaban J connectivity index is 1.36. The fourth-order valence-electron chi connectivity index (χ4n) is 2.69. The van der Waals surface area contributed by atoms with Gasteiger partial charge in [-0.05, 0) is 37.8 Å². The molecule has 7 heteroatoms. The maximum Gasteiger partial charge on any atom is 0.258 e. The summed E-state index contributed by atoms with van der Waals surface area (Å²) in [7, 11) is 0. The van der Waals surface area contributed by atoms with Gasteiger partial charge in [-0.3, -0.25) is 14.8 Å². The number of carbonyl (C=O) groups excluding carboxylic acids is 1. The zero-order valence-corrected chi connectivity index (χ0v) is 13.3. The molecule has 0 radical (unpaired) electrons. The van der Waals surface area contributed by atoms with Crippen molar-refractivity contribution in [1.82, 2.24) is 20.3 Å². The van der Waals surface area contributed by atoms with Crippen LogP contribution < -0.4 is 14.8 Å². The summed E-state index contributed by atoms with van der Waals surface area (Å²) >= 11 is 0.